The molecule has 0 fully saturated rings. The molecular weight excluding hydrogens is 429 g/mol. The number of benzene rings is 3. The summed E-state index contributed by atoms with van der Waals surface area (Å²) in [7, 11) is 0. The molecule has 0 aliphatic rings. The van der Waals surface area contributed by atoms with Crippen molar-refractivity contribution in [3.05, 3.63) is 72.8 Å². The van der Waals surface area contributed by atoms with Crippen LogP contribution < -0.4 is 10.1 Å². The molecule has 6 heteroatoms. The standard InChI is InChI=1S/C25H25Cl2N3O/c26-12-14-30(15-13-27)16-17-31-20-7-5-6-19(18-20)28-25-21-8-1-3-10-23(21)29-24-11-4-2-9-22(24)25/h1-11,18H,12-17H2,(H,28,29). The van der Waals surface area contributed by atoms with Gasteiger partial charge in [0.1, 0.15) is 12.4 Å². The van der Waals surface area contributed by atoms with Crippen molar-refractivity contribution in [3.63, 3.8) is 0 Å². The number of aromatic nitrogens is 1. The zero-order valence-corrected chi connectivity index (χ0v) is 18.7. The molecule has 0 spiro atoms. The number of hydrogen-bond acceptors (Lipinski definition) is 4. The van der Waals surface area contributed by atoms with Gasteiger partial charge in [0.05, 0.1) is 16.7 Å². The number of ether oxygens (including phenoxy) is 1. The van der Waals surface area contributed by atoms with Crippen molar-refractivity contribution >= 4 is 56.4 Å². The normalized spacial score (nSPS) is 11.3. The van der Waals surface area contributed by atoms with E-state index in [1.165, 1.54) is 0 Å². The topological polar surface area (TPSA) is 37.4 Å². The first-order chi connectivity index (χ1) is 15.3. The summed E-state index contributed by atoms with van der Waals surface area (Å²) >= 11 is 11.7. The first kappa shape index (κ1) is 21.7. The molecule has 0 radical (unpaired) electrons. The third-order valence-corrected chi connectivity index (χ3v) is 5.51. The molecule has 4 nitrogen and oxygen atoms in total. The molecule has 1 heterocycles. The maximum absolute atomic E-state index is 6.00. The first-order valence-corrected chi connectivity index (χ1v) is 11.5. The fourth-order valence-electron chi connectivity index (χ4n) is 3.65. The molecule has 0 aliphatic heterocycles. The summed E-state index contributed by atoms with van der Waals surface area (Å²) in [6, 6.07) is 24.4. The van der Waals surface area contributed by atoms with Gasteiger partial charge >= 0.3 is 0 Å². The molecule has 31 heavy (non-hydrogen) atoms. The van der Waals surface area contributed by atoms with Crippen molar-refractivity contribution in [2.45, 2.75) is 0 Å². The summed E-state index contributed by atoms with van der Waals surface area (Å²) in [6.07, 6.45) is 0. The Labute approximate surface area is 192 Å². The lowest BCUT2D eigenvalue weighted by Gasteiger charge is -2.20. The van der Waals surface area contributed by atoms with Gasteiger partial charge in [0.2, 0.25) is 0 Å². The Morgan fingerprint density at radius 1 is 0.774 bits per heavy atom. The second-order valence-electron chi connectivity index (χ2n) is 7.24. The molecule has 0 atom stereocenters. The minimum Gasteiger partial charge on any atom is -0.492 e. The fourth-order valence-corrected chi connectivity index (χ4v) is 4.13. The van der Waals surface area contributed by atoms with Crippen LogP contribution in [0.5, 0.6) is 5.75 Å². The van der Waals surface area contributed by atoms with Crippen LogP contribution in [-0.2, 0) is 0 Å². The molecular formula is C25H25Cl2N3O. The smallest absolute Gasteiger partial charge is 0.121 e. The van der Waals surface area contributed by atoms with Crippen molar-refractivity contribution in [2.24, 2.45) is 0 Å². The van der Waals surface area contributed by atoms with Gasteiger partial charge in [0.25, 0.3) is 0 Å². The minimum atomic E-state index is 0.582. The van der Waals surface area contributed by atoms with Gasteiger partial charge in [-0.05, 0) is 24.3 Å². The van der Waals surface area contributed by atoms with Crippen LogP contribution in [0.15, 0.2) is 72.8 Å². The molecule has 1 aromatic heterocycles. The third-order valence-electron chi connectivity index (χ3n) is 5.17. The lowest BCUT2D eigenvalue weighted by Crippen LogP contribution is -2.32. The lowest BCUT2D eigenvalue weighted by atomic mass is 10.1. The number of nitrogens with zero attached hydrogens (tertiary/aromatic N) is 2. The van der Waals surface area contributed by atoms with Crippen LogP contribution in [0, 0.1) is 0 Å². The average Bonchev–Trinajstić information content (AvgIpc) is 2.79. The van der Waals surface area contributed by atoms with E-state index in [1.54, 1.807) is 0 Å². The third kappa shape index (κ3) is 5.40. The number of halogens is 2. The number of para-hydroxylation sites is 2. The van der Waals surface area contributed by atoms with E-state index in [0.29, 0.717) is 18.4 Å². The number of alkyl halides is 2. The second kappa shape index (κ2) is 10.7. The number of rotatable bonds is 10. The highest BCUT2D eigenvalue weighted by Crippen LogP contribution is 2.33. The van der Waals surface area contributed by atoms with E-state index >= 15 is 0 Å². The summed E-state index contributed by atoms with van der Waals surface area (Å²) in [5.41, 5.74) is 3.95. The highest BCUT2D eigenvalue weighted by molar-refractivity contribution is 6.18. The van der Waals surface area contributed by atoms with Gasteiger partial charge in [0, 0.05) is 53.9 Å². The van der Waals surface area contributed by atoms with Crippen LogP contribution in [0.25, 0.3) is 21.8 Å². The summed E-state index contributed by atoms with van der Waals surface area (Å²) in [6.45, 7) is 2.98. The van der Waals surface area contributed by atoms with Crippen molar-refractivity contribution in [3.8, 4) is 5.75 Å². The zero-order chi connectivity index (χ0) is 21.5. The molecule has 160 valence electrons. The van der Waals surface area contributed by atoms with Crippen molar-refractivity contribution < 1.29 is 4.74 Å². The molecule has 0 saturated heterocycles. The van der Waals surface area contributed by atoms with Crippen molar-refractivity contribution in [2.75, 3.05) is 43.3 Å². The van der Waals surface area contributed by atoms with Gasteiger partial charge in [0.15, 0.2) is 0 Å². The number of pyridine rings is 1. The van der Waals surface area contributed by atoms with Crippen LogP contribution in [0.3, 0.4) is 0 Å². The summed E-state index contributed by atoms with van der Waals surface area (Å²) < 4.78 is 6.00. The zero-order valence-electron chi connectivity index (χ0n) is 17.2. The molecule has 1 N–H and O–H groups in total. The molecule has 0 unspecified atom stereocenters. The van der Waals surface area contributed by atoms with Crippen molar-refractivity contribution in [1.82, 2.24) is 9.88 Å². The van der Waals surface area contributed by atoms with E-state index in [0.717, 1.165) is 58.6 Å². The van der Waals surface area contributed by atoms with Crippen LogP contribution in [0.1, 0.15) is 0 Å². The Bertz CT molecular complexity index is 1090. The molecule has 4 aromatic rings. The summed E-state index contributed by atoms with van der Waals surface area (Å²) in [4.78, 5) is 7.00. The molecule has 4 rings (SSSR count). The quantitative estimate of drug-likeness (QED) is 0.226. The Balaban J connectivity index is 1.54. The van der Waals surface area contributed by atoms with E-state index in [1.807, 2.05) is 60.7 Å². The molecule has 0 aliphatic carbocycles. The largest absolute Gasteiger partial charge is 0.492 e. The lowest BCUT2D eigenvalue weighted by molar-refractivity contribution is 0.224. The van der Waals surface area contributed by atoms with Crippen LogP contribution in [-0.4, -0.2) is 47.9 Å². The monoisotopic (exact) mass is 453 g/mol. The number of anilines is 2. The van der Waals surface area contributed by atoms with Crippen molar-refractivity contribution in [1.29, 1.82) is 0 Å². The van der Waals surface area contributed by atoms with E-state index in [-0.39, 0.29) is 0 Å². The Kier molecular flexibility index (Phi) is 7.47. The number of fused-ring (bicyclic) bond motifs is 2. The maximum Gasteiger partial charge on any atom is 0.121 e. The fraction of sp³-hybridized carbons (Fsp3) is 0.240. The van der Waals surface area contributed by atoms with Crippen LogP contribution in [0.4, 0.5) is 11.4 Å². The highest BCUT2D eigenvalue weighted by Gasteiger charge is 2.10. The summed E-state index contributed by atoms with van der Waals surface area (Å²) in [5.74, 6) is 2.00. The Morgan fingerprint density at radius 3 is 2.06 bits per heavy atom. The van der Waals surface area contributed by atoms with Gasteiger partial charge in [-0.3, -0.25) is 4.90 Å². The average molecular weight is 454 g/mol. The number of nitrogens with one attached hydrogen (secondary N) is 1. The molecule has 0 bridgehead atoms. The van der Waals surface area contributed by atoms with Gasteiger partial charge < -0.3 is 10.1 Å². The van der Waals surface area contributed by atoms with Gasteiger partial charge in [-0.2, -0.15) is 0 Å². The number of hydrogen-bond donors (Lipinski definition) is 1. The van der Waals surface area contributed by atoms with E-state index < -0.39 is 0 Å². The second-order valence-corrected chi connectivity index (χ2v) is 8.00. The van der Waals surface area contributed by atoms with E-state index in [9.17, 15) is 0 Å². The SMILES string of the molecule is ClCCN(CCCl)CCOc1cccc(Nc2c3ccccc3nc3ccccc23)c1. The molecule has 0 amide bonds. The maximum atomic E-state index is 6.00. The Hall–Kier alpha value is -2.53. The van der Waals surface area contributed by atoms with E-state index in [2.05, 4.69) is 22.3 Å². The van der Waals surface area contributed by atoms with Crippen LogP contribution in [0.2, 0.25) is 0 Å². The molecule has 0 saturated carbocycles. The van der Waals surface area contributed by atoms with Crippen LogP contribution >= 0.6 is 23.2 Å². The van der Waals surface area contributed by atoms with Gasteiger partial charge in [-0.25, -0.2) is 4.98 Å². The highest BCUT2D eigenvalue weighted by atomic mass is 35.5. The first-order valence-electron chi connectivity index (χ1n) is 10.4. The summed E-state index contributed by atoms with van der Waals surface area (Å²) in [5, 5.41) is 5.78. The molecule has 3 aromatic carbocycles. The van der Waals surface area contributed by atoms with Gasteiger partial charge in [-0.15, -0.1) is 23.2 Å². The predicted molar refractivity (Wildman–Crippen MR) is 132 cm³/mol. The van der Waals surface area contributed by atoms with E-state index in [4.69, 9.17) is 32.9 Å². The Morgan fingerprint density at radius 2 is 1.42 bits per heavy atom. The minimum absolute atomic E-state index is 0.582. The predicted octanol–water partition coefficient (Wildman–Crippen LogP) is 6.29. The van der Waals surface area contributed by atoms with Gasteiger partial charge in [-0.1, -0.05) is 42.5 Å².